The Bertz CT molecular complexity index is 1280. The predicted molar refractivity (Wildman–Crippen MR) is 134 cm³/mol. The molecule has 4 heterocycles. The van der Waals surface area contributed by atoms with Crippen molar-refractivity contribution in [3.8, 4) is 0 Å². The third-order valence-corrected chi connectivity index (χ3v) is 6.29. The Kier molecular flexibility index (Phi) is 7.60. The van der Waals surface area contributed by atoms with Crippen LogP contribution in [0.25, 0.3) is 0 Å². The van der Waals surface area contributed by atoms with Gasteiger partial charge < -0.3 is 19.9 Å². The minimum atomic E-state index is -0.571. The highest BCUT2D eigenvalue weighted by Crippen LogP contribution is 2.19. The van der Waals surface area contributed by atoms with Crippen molar-refractivity contribution in [1.29, 1.82) is 0 Å². The molecule has 3 amide bonds. The van der Waals surface area contributed by atoms with E-state index in [-0.39, 0.29) is 23.6 Å². The molecule has 1 N–H and O–H groups in total. The van der Waals surface area contributed by atoms with E-state index in [1.54, 1.807) is 58.4 Å². The van der Waals surface area contributed by atoms with Gasteiger partial charge in [-0.2, -0.15) is 15.3 Å². The summed E-state index contributed by atoms with van der Waals surface area (Å²) < 4.78 is 10.0. The van der Waals surface area contributed by atoms with E-state index in [1.165, 1.54) is 0 Å². The molecule has 0 aromatic carbocycles. The van der Waals surface area contributed by atoms with Crippen LogP contribution in [0.1, 0.15) is 47.5 Å². The fourth-order valence-corrected chi connectivity index (χ4v) is 4.21. The summed E-state index contributed by atoms with van der Waals surface area (Å²) in [6.45, 7) is 11.6. The lowest BCUT2D eigenvalue weighted by Crippen LogP contribution is -2.52. The van der Waals surface area contributed by atoms with Crippen molar-refractivity contribution in [2.45, 2.75) is 47.3 Å². The third-order valence-electron chi connectivity index (χ3n) is 6.29. The van der Waals surface area contributed by atoms with Crippen molar-refractivity contribution < 1.29 is 19.1 Å². The van der Waals surface area contributed by atoms with Gasteiger partial charge in [0.2, 0.25) is 5.91 Å². The highest BCUT2D eigenvalue weighted by atomic mass is 16.6. The van der Waals surface area contributed by atoms with Crippen LogP contribution in [-0.2, 0) is 16.2 Å². The summed E-state index contributed by atoms with van der Waals surface area (Å²) in [7, 11) is 0. The summed E-state index contributed by atoms with van der Waals surface area (Å²) in [4.78, 5) is 41.1. The minimum absolute atomic E-state index is 0.105. The van der Waals surface area contributed by atoms with Gasteiger partial charge >= 0.3 is 6.09 Å². The van der Waals surface area contributed by atoms with Crippen molar-refractivity contribution in [2.24, 2.45) is 0 Å². The molecule has 0 spiro atoms. The van der Waals surface area contributed by atoms with E-state index in [1.807, 2.05) is 24.6 Å². The van der Waals surface area contributed by atoms with Crippen LogP contribution in [-0.4, -0.2) is 89.8 Å². The van der Waals surface area contributed by atoms with E-state index in [0.717, 1.165) is 11.4 Å². The van der Waals surface area contributed by atoms with Crippen LogP contribution in [0.2, 0.25) is 0 Å². The SMILES string of the molecule is CCOC(=O)N1CCN(C(=O)C(C)n2cc(NC(=O)c3ccn(Cn4nc(C)cc4C)n3)c(C)n2)CC1. The number of amides is 3. The van der Waals surface area contributed by atoms with E-state index in [2.05, 4.69) is 20.6 Å². The Labute approximate surface area is 215 Å². The van der Waals surface area contributed by atoms with Gasteiger partial charge in [-0.3, -0.25) is 19.0 Å². The molecule has 0 aliphatic carbocycles. The van der Waals surface area contributed by atoms with Crippen LogP contribution < -0.4 is 5.32 Å². The molecule has 0 bridgehead atoms. The van der Waals surface area contributed by atoms with Crippen LogP contribution >= 0.6 is 0 Å². The molecule has 198 valence electrons. The molecule has 1 unspecified atom stereocenters. The number of aryl methyl sites for hydroxylation is 3. The highest BCUT2D eigenvalue weighted by molar-refractivity contribution is 6.03. The second-order valence-electron chi connectivity index (χ2n) is 9.06. The molecular weight excluding hydrogens is 478 g/mol. The van der Waals surface area contributed by atoms with Gasteiger partial charge in [-0.15, -0.1) is 0 Å². The fourth-order valence-electron chi connectivity index (χ4n) is 4.21. The summed E-state index contributed by atoms with van der Waals surface area (Å²) in [6.07, 6.45) is 3.02. The van der Waals surface area contributed by atoms with Gasteiger partial charge in [-0.1, -0.05) is 0 Å². The molecule has 37 heavy (non-hydrogen) atoms. The number of anilines is 1. The zero-order chi connectivity index (χ0) is 26.7. The van der Waals surface area contributed by atoms with Gasteiger partial charge in [-0.25, -0.2) is 9.48 Å². The number of hydrogen-bond acceptors (Lipinski definition) is 7. The highest BCUT2D eigenvalue weighted by Gasteiger charge is 2.29. The van der Waals surface area contributed by atoms with Crippen molar-refractivity contribution in [1.82, 2.24) is 39.1 Å². The van der Waals surface area contributed by atoms with E-state index >= 15 is 0 Å². The van der Waals surface area contributed by atoms with E-state index in [4.69, 9.17) is 4.74 Å². The maximum atomic E-state index is 13.1. The summed E-state index contributed by atoms with van der Waals surface area (Å²) in [5.74, 6) is -0.476. The largest absolute Gasteiger partial charge is 0.450 e. The lowest BCUT2D eigenvalue weighted by Gasteiger charge is -2.35. The molecule has 3 aromatic heterocycles. The summed E-state index contributed by atoms with van der Waals surface area (Å²) >= 11 is 0. The molecule has 0 saturated carbocycles. The lowest BCUT2D eigenvalue weighted by atomic mass is 10.2. The smallest absolute Gasteiger partial charge is 0.409 e. The number of rotatable bonds is 7. The molecule has 1 saturated heterocycles. The van der Waals surface area contributed by atoms with E-state index < -0.39 is 6.04 Å². The average Bonchev–Trinajstić information content (AvgIpc) is 3.57. The summed E-state index contributed by atoms with van der Waals surface area (Å²) in [5.41, 5.74) is 3.28. The second kappa shape index (κ2) is 10.8. The molecule has 13 nitrogen and oxygen atoms in total. The van der Waals surface area contributed by atoms with Gasteiger partial charge in [0.1, 0.15) is 12.7 Å². The minimum Gasteiger partial charge on any atom is -0.450 e. The van der Waals surface area contributed by atoms with Crippen molar-refractivity contribution in [3.63, 3.8) is 0 Å². The Balaban J connectivity index is 1.35. The number of carbonyl (C=O) groups excluding carboxylic acids is 3. The zero-order valence-electron chi connectivity index (χ0n) is 21.8. The molecule has 0 radical (unpaired) electrons. The Morgan fingerprint density at radius 3 is 2.41 bits per heavy atom. The Morgan fingerprint density at radius 1 is 1.05 bits per heavy atom. The molecule has 1 atom stereocenters. The van der Waals surface area contributed by atoms with Gasteiger partial charge in [-0.05, 0) is 46.8 Å². The molecular formula is C24H33N9O4. The van der Waals surface area contributed by atoms with Crippen molar-refractivity contribution in [3.05, 3.63) is 47.3 Å². The lowest BCUT2D eigenvalue weighted by molar-refractivity contribution is -0.136. The Morgan fingerprint density at radius 2 is 1.76 bits per heavy atom. The number of hydrogen-bond donors (Lipinski definition) is 1. The first kappa shape index (κ1) is 25.9. The van der Waals surface area contributed by atoms with Crippen LogP contribution in [0.4, 0.5) is 10.5 Å². The standard InChI is InChI=1S/C24H33N9O4/c1-6-37-24(36)30-11-9-29(10-12-30)23(35)19(5)32-14-21(18(4)27-32)25-22(34)20-7-8-31(28-20)15-33-17(3)13-16(2)26-33/h7-8,13-14,19H,6,9-12,15H2,1-5H3,(H,25,34). The number of nitrogens with one attached hydrogen (secondary N) is 1. The molecule has 1 aliphatic rings. The third kappa shape index (κ3) is 5.81. The summed E-state index contributed by atoms with van der Waals surface area (Å²) in [6, 6.07) is 3.05. The van der Waals surface area contributed by atoms with E-state index in [0.29, 0.717) is 50.8 Å². The normalized spacial score (nSPS) is 14.5. The van der Waals surface area contributed by atoms with Crippen LogP contribution in [0.5, 0.6) is 0 Å². The first-order chi connectivity index (χ1) is 17.7. The number of piperazine rings is 1. The average molecular weight is 512 g/mol. The number of ether oxygens (including phenoxy) is 1. The quantitative estimate of drug-likeness (QED) is 0.512. The van der Waals surface area contributed by atoms with Gasteiger partial charge in [0.05, 0.1) is 23.7 Å². The Hall–Kier alpha value is -4.16. The van der Waals surface area contributed by atoms with Gasteiger partial charge in [0, 0.05) is 44.3 Å². The number of carbonyl (C=O) groups is 3. The molecule has 13 heteroatoms. The first-order valence-corrected chi connectivity index (χ1v) is 12.3. The summed E-state index contributed by atoms with van der Waals surface area (Å²) in [5, 5.41) is 16.1. The predicted octanol–water partition coefficient (Wildman–Crippen LogP) is 1.82. The van der Waals surface area contributed by atoms with Crippen LogP contribution in [0.3, 0.4) is 0 Å². The number of aromatic nitrogens is 6. The number of nitrogens with zero attached hydrogens (tertiary/aromatic N) is 8. The van der Waals surface area contributed by atoms with Crippen molar-refractivity contribution in [2.75, 3.05) is 38.1 Å². The zero-order valence-corrected chi connectivity index (χ0v) is 21.8. The van der Waals surface area contributed by atoms with Gasteiger partial charge in [0.25, 0.3) is 5.91 Å². The van der Waals surface area contributed by atoms with Crippen LogP contribution in [0.15, 0.2) is 24.5 Å². The molecule has 1 fully saturated rings. The van der Waals surface area contributed by atoms with Gasteiger partial charge in [0.15, 0.2) is 5.69 Å². The second-order valence-corrected chi connectivity index (χ2v) is 9.06. The maximum absolute atomic E-state index is 13.1. The molecule has 1 aliphatic heterocycles. The monoisotopic (exact) mass is 511 g/mol. The fraction of sp³-hybridized carbons (Fsp3) is 0.500. The molecule has 3 aromatic rings. The van der Waals surface area contributed by atoms with E-state index in [9.17, 15) is 14.4 Å². The topological polar surface area (TPSA) is 132 Å². The first-order valence-electron chi connectivity index (χ1n) is 12.3. The maximum Gasteiger partial charge on any atom is 0.409 e. The van der Waals surface area contributed by atoms with Crippen molar-refractivity contribution >= 4 is 23.6 Å². The van der Waals surface area contributed by atoms with Crippen LogP contribution in [0, 0.1) is 20.8 Å². The molecule has 4 rings (SSSR count).